The average Bonchev–Trinajstić information content (AvgIpc) is 2.53. The monoisotopic (exact) mass is 388 g/mol. The minimum atomic E-state index is -3.54. The van der Waals surface area contributed by atoms with Crippen LogP contribution in [0.1, 0.15) is 20.8 Å². The minimum Gasteiger partial charge on any atom is -0.338 e. The first-order valence-corrected chi connectivity index (χ1v) is 10.00. The maximum Gasteiger partial charge on any atom is 0.321 e. The van der Waals surface area contributed by atoms with Gasteiger partial charge in [-0.1, -0.05) is 25.6 Å². The van der Waals surface area contributed by atoms with Crippen LogP contribution in [0.3, 0.4) is 0 Å². The van der Waals surface area contributed by atoms with Crippen molar-refractivity contribution in [1.82, 2.24) is 19.9 Å². The molecule has 0 aliphatic carbocycles. The fraction of sp³-hybridized carbons (Fsp3) is 0.533. The molecule has 140 valence electrons. The number of pyridine rings is 1. The van der Waals surface area contributed by atoms with Crippen molar-refractivity contribution in [3.8, 4) is 0 Å². The summed E-state index contributed by atoms with van der Waals surface area (Å²) in [6, 6.07) is 2.43. The number of nitrogens with zero attached hydrogens (tertiary/aromatic N) is 2. The van der Waals surface area contributed by atoms with E-state index in [1.54, 1.807) is 6.92 Å². The zero-order valence-corrected chi connectivity index (χ0v) is 16.6. The summed E-state index contributed by atoms with van der Waals surface area (Å²) in [6.07, 6.45) is 1.25. The molecule has 1 rings (SSSR count). The number of urea groups is 1. The number of nitrogens with one attached hydrogen (secondary N) is 2. The molecule has 3 amide bonds. The largest absolute Gasteiger partial charge is 0.338 e. The third-order valence-electron chi connectivity index (χ3n) is 3.06. The Kier molecular flexibility index (Phi) is 7.84. The third-order valence-corrected chi connectivity index (χ3v) is 5.91. The van der Waals surface area contributed by atoms with Gasteiger partial charge < -0.3 is 5.32 Å². The van der Waals surface area contributed by atoms with Gasteiger partial charge in [-0.2, -0.15) is 0 Å². The Morgan fingerprint density at radius 3 is 2.36 bits per heavy atom. The highest BCUT2D eigenvalue weighted by molar-refractivity contribution is 8.00. The van der Waals surface area contributed by atoms with Crippen LogP contribution in [0.4, 0.5) is 4.79 Å². The summed E-state index contributed by atoms with van der Waals surface area (Å²) in [7, 11) is -0.660. The van der Waals surface area contributed by atoms with Crippen LogP contribution in [0.5, 0.6) is 0 Å². The lowest BCUT2D eigenvalue weighted by atomic mass is 10.2. The highest BCUT2D eigenvalue weighted by Crippen LogP contribution is 2.22. The van der Waals surface area contributed by atoms with Crippen LogP contribution in [0, 0.1) is 5.92 Å². The van der Waals surface area contributed by atoms with E-state index in [4.69, 9.17) is 0 Å². The highest BCUT2D eigenvalue weighted by Gasteiger charge is 2.20. The number of thioether (sulfide) groups is 1. The number of carbonyl (C=O) groups is 2. The third kappa shape index (κ3) is 6.63. The second-order valence-electron chi connectivity index (χ2n) is 5.97. The van der Waals surface area contributed by atoms with Crippen LogP contribution in [0.15, 0.2) is 28.3 Å². The lowest BCUT2D eigenvalue weighted by Gasteiger charge is -2.13. The molecule has 0 saturated carbocycles. The molecular weight excluding hydrogens is 364 g/mol. The molecule has 0 bridgehead atoms. The van der Waals surface area contributed by atoms with Crippen LogP contribution in [-0.4, -0.2) is 55.5 Å². The van der Waals surface area contributed by atoms with Crippen molar-refractivity contribution in [3.05, 3.63) is 18.3 Å². The fourth-order valence-corrected chi connectivity index (χ4v) is 3.22. The van der Waals surface area contributed by atoms with E-state index in [0.717, 1.165) is 16.1 Å². The first-order valence-electron chi connectivity index (χ1n) is 7.68. The maximum atomic E-state index is 12.0. The van der Waals surface area contributed by atoms with E-state index in [1.165, 1.54) is 32.4 Å². The number of imide groups is 1. The Morgan fingerprint density at radius 1 is 1.24 bits per heavy atom. The molecule has 2 N–H and O–H groups in total. The second-order valence-corrected chi connectivity index (χ2v) is 9.49. The lowest BCUT2D eigenvalue weighted by Crippen LogP contribution is -2.43. The minimum absolute atomic E-state index is 0.0759. The van der Waals surface area contributed by atoms with Gasteiger partial charge in [0.2, 0.25) is 15.9 Å². The predicted molar refractivity (Wildman–Crippen MR) is 96.8 cm³/mol. The van der Waals surface area contributed by atoms with Gasteiger partial charge in [0.1, 0.15) is 4.90 Å². The van der Waals surface area contributed by atoms with Crippen molar-refractivity contribution in [2.45, 2.75) is 35.9 Å². The van der Waals surface area contributed by atoms with E-state index in [9.17, 15) is 18.0 Å². The average molecular weight is 389 g/mol. The van der Waals surface area contributed by atoms with Crippen LogP contribution in [0.25, 0.3) is 0 Å². The second kappa shape index (κ2) is 9.16. The molecule has 25 heavy (non-hydrogen) atoms. The molecule has 0 spiro atoms. The van der Waals surface area contributed by atoms with Crippen molar-refractivity contribution < 1.29 is 18.0 Å². The molecule has 1 aromatic rings. The molecule has 1 atom stereocenters. The molecule has 0 unspecified atom stereocenters. The van der Waals surface area contributed by atoms with Crippen molar-refractivity contribution >= 4 is 33.7 Å². The zero-order valence-electron chi connectivity index (χ0n) is 14.9. The number of amides is 3. The molecule has 0 radical (unpaired) electrons. The highest BCUT2D eigenvalue weighted by atomic mass is 32.2. The summed E-state index contributed by atoms with van der Waals surface area (Å²) in [5, 5.41) is 4.79. The van der Waals surface area contributed by atoms with E-state index >= 15 is 0 Å². The first kappa shape index (κ1) is 21.4. The summed E-state index contributed by atoms with van der Waals surface area (Å²) < 4.78 is 25.0. The zero-order chi connectivity index (χ0) is 19.2. The molecule has 10 heteroatoms. The standard InChI is InChI=1S/C15H24N4O4S2/c1-10(2)8-17-15(21)18-14(20)11(3)24-13-7-6-12(9-16-13)25(22,23)19(4)5/h6-7,9-11H,8H2,1-5H3,(H2,17,18,20,21)/t11-/m1/s1. The van der Waals surface area contributed by atoms with Gasteiger partial charge >= 0.3 is 6.03 Å². The normalized spacial score (nSPS) is 12.9. The summed E-state index contributed by atoms with van der Waals surface area (Å²) in [6.45, 7) is 6.02. The number of aromatic nitrogens is 1. The molecule has 0 fully saturated rings. The number of rotatable bonds is 7. The maximum absolute atomic E-state index is 12.0. The lowest BCUT2D eigenvalue weighted by molar-refractivity contribution is -0.119. The van der Waals surface area contributed by atoms with Gasteiger partial charge in [-0.3, -0.25) is 10.1 Å². The van der Waals surface area contributed by atoms with Crippen molar-refractivity contribution in [2.24, 2.45) is 5.92 Å². The number of hydrogen-bond donors (Lipinski definition) is 2. The van der Waals surface area contributed by atoms with Gasteiger partial charge in [-0.25, -0.2) is 22.5 Å². The van der Waals surface area contributed by atoms with Crippen molar-refractivity contribution in [3.63, 3.8) is 0 Å². The summed E-state index contributed by atoms with van der Waals surface area (Å²) in [5.74, 6) is -0.160. The summed E-state index contributed by atoms with van der Waals surface area (Å²) >= 11 is 1.13. The molecule has 0 saturated heterocycles. The van der Waals surface area contributed by atoms with Gasteiger partial charge in [0.15, 0.2) is 0 Å². The number of carbonyl (C=O) groups excluding carboxylic acids is 2. The van der Waals surface area contributed by atoms with E-state index in [2.05, 4.69) is 15.6 Å². The Hall–Kier alpha value is -1.65. The van der Waals surface area contributed by atoms with Crippen molar-refractivity contribution in [1.29, 1.82) is 0 Å². The molecule has 1 aromatic heterocycles. The Labute approximate surface area is 152 Å². The van der Waals surface area contributed by atoms with Gasteiger partial charge in [-0.15, -0.1) is 0 Å². The van der Waals surface area contributed by atoms with E-state index in [-0.39, 0.29) is 10.8 Å². The smallest absolute Gasteiger partial charge is 0.321 e. The molecule has 0 aliphatic rings. The van der Waals surface area contributed by atoms with E-state index in [1.807, 2.05) is 13.8 Å². The summed E-state index contributed by atoms with van der Waals surface area (Å²) in [5.41, 5.74) is 0. The van der Waals surface area contributed by atoms with Crippen LogP contribution >= 0.6 is 11.8 Å². The first-order chi connectivity index (χ1) is 11.5. The van der Waals surface area contributed by atoms with Gasteiger partial charge in [0.25, 0.3) is 0 Å². The molecular formula is C15H24N4O4S2. The van der Waals surface area contributed by atoms with E-state index in [0.29, 0.717) is 11.6 Å². The van der Waals surface area contributed by atoms with Crippen LogP contribution in [-0.2, 0) is 14.8 Å². The fourth-order valence-electron chi connectivity index (χ4n) is 1.59. The Balaban J connectivity index is 2.64. The molecule has 1 heterocycles. The van der Waals surface area contributed by atoms with Crippen LogP contribution < -0.4 is 10.6 Å². The number of hydrogen-bond acceptors (Lipinski definition) is 6. The van der Waals surface area contributed by atoms with Crippen molar-refractivity contribution in [2.75, 3.05) is 20.6 Å². The SMILES string of the molecule is CC(C)CNC(=O)NC(=O)[C@@H](C)Sc1ccc(S(=O)(=O)N(C)C)cn1. The number of sulfonamides is 1. The molecule has 8 nitrogen and oxygen atoms in total. The quantitative estimate of drug-likeness (QED) is 0.682. The topological polar surface area (TPSA) is 108 Å². The van der Waals surface area contributed by atoms with Gasteiger partial charge in [0, 0.05) is 26.8 Å². The Morgan fingerprint density at radius 2 is 1.88 bits per heavy atom. The van der Waals surface area contributed by atoms with Gasteiger partial charge in [0.05, 0.1) is 10.3 Å². The molecule has 0 aliphatic heterocycles. The molecule has 0 aromatic carbocycles. The van der Waals surface area contributed by atoms with Gasteiger partial charge in [-0.05, 0) is 25.0 Å². The summed E-state index contributed by atoms with van der Waals surface area (Å²) in [4.78, 5) is 27.7. The Bertz CT molecular complexity index is 703. The van der Waals surface area contributed by atoms with E-state index < -0.39 is 27.2 Å². The predicted octanol–water partition coefficient (Wildman–Crippen LogP) is 1.29. The van der Waals surface area contributed by atoms with Crippen LogP contribution in [0.2, 0.25) is 0 Å².